The maximum Gasteiger partial charge on any atom is 0.339 e. The molecule has 1 radical (unpaired) electrons. The molecule has 19 heavy (non-hydrogen) atoms. The van der Waals surface area contributed by atoms with Gasteiger partial charge in [-0.2, -0.15) is 9.78 Å². The Hall–Kier alpha value is -2.34. The monoisotopic (exact) mass is 274 g/mol. The lowest BCUT2D eigenvalue weighted by Gasteiger charge is -1.95. The molecule has 3 N–H and O–H groups in total. The number of aromatic nitrogens is 4. The predicted molar refractivity (Wildman–Crippen MR) is 70.9 cm³/mol. The van der Waals surface area contributed by atoms with Crippen molar-refractivity contribution in [1.82, 2.24) is 19.7 Å². The van der Waals surface area contributed by atoms with Gasteiger partial charge < -0.3 is 10.7 Å². The highest BCUT2D eigenvalue weighted by atomic mass is 35.5. The second-order valence-corrected chi connectivity index (χ2v) is 4.52. The molecule has 0 fully saturated rings. The fourth-order valence-electron chi connectivity index (χ4n) is 1.77. The summed E-state index contributed by atoms with van der Waals surface area (Å²) in [6, 6.07) is 5.83. The number of hydrogen-bond acceptors (Lipinski definition) is 3. The molecule has 2 aromatic heterocycles. The lowest BCUT2D eigenvalue weighted by molar-refractivity contribution is 0.248. The quantitative estimate of drug-likeness (QED) is 0.712. The molecule has 0 aliphatic carbocycles. The van der Waals surface area contributed by atoms with Gasteiger partial charge in [0.15, 0.2) is 5.82 Å². The van der Waals surface area contributed by atoms with E-state index >= 15 is 0 Å². The highest BCUT2D eigenvalue weighted by Gasteiger charge is 2.11. The summed E-state index contributed by atoms with van der Waals surface area (Å²) in [6.45, 7) is 1.91. The van der Waals surface area contributed by atoms with Gasteiger partial charge in [0.05, 0.1) is 11.0 Å². The highest BCUT2D eigenvalue weighted by molar-refractivity contribution is 6.32. The summed E-state index contributed by atoms with van der Waals surface area (Å²) in [5.74, 6) is 0.511. The molecule has 0 aliphatic heterocycles. The van der Waals surface area contributed by atoms with Crippen molar-refractivity contribution in [3.05, 3.63) is 35.0 Å². The van der Waals surface area contributed by atoms with Crippen LogP contribution in [-0.4, -0.2) is 25.8 Å². The summed E-state index contributed by atoms with van der Waals surface area (Å²) < 4.78 is 1.00. The molecule has 0 saturated carbocycles. The summed E-state index contributed by atoms with van der Waals surface area (Å²) in [4.78, 5) is 18.4. The van der Waals surface area contributed by atoms with Crippen LogP contribution in [0.4, 0.5) is 4.79 Å². The van der Waals surface area contributed by atoms with Gasteiger partial charge in [-0.1, -0.05) is 11.6 Å². The number of H-pyrrole nitrogens is 1. The molecular weight excluding hydrogens is 266 g/mol. The number of halogens is 1. The summed E-state index contributed by atoms with van der Waals surface area (Å²) in [5.41, 5.74) is 8.06. The molecule has 95 valence electrons. The first-order chi connectivity index (χ1) is 9.04. The number of aryl methyl sites for hydroxylation is 1. The largest absolute Gasteiger partial charge is 0.350 e. The molecule has 3 rings (SSSR count). The number of nitrogens with zero attached hydrogens (tertiary/aromatic N) is 3. The molecule has 1 amide bonds. The van der Waals surface area contributed by atoms with Gasteiger partial charge in [-0.25, -0.2) is 9.78 Å². The zero-order chi connectivity index (χ0) is 13.6. The molecule has 0 spiro atoms. The molecule has 0 atom stereocenters. The number of hydrogen-bond donors (Lipinski definition) is 2. The van der Waals surface area contributed by atoms with Crippen molar-refractivity contribution >= 4 is 28.7 Å². The number of aromatic amines is 1. The van der Waals surface area contributed by atoms with E-state index in [-0.39, 0.29) is 0 Å². The van der Waals surface area contributed by atoms with Crippen molar-refractivity contribution in [2.45, 2.75) is 6.92 Å². The van der Waals surface area contributed by atoms with Gasteiger partial charge in [0.25, 0.3) is 0 Å². The molecule has 7 heteroatoms. The summed E-state index contributed by atoms with van der Waals surface area (Å²) in [6.07, 6.45) is 1.36. The SMILES string of the molecule is Cc1cc2[nH]c(-c3[c]cn(C(N)=O)n3)nc2cc1Cl. The average Bonchev–Trinajstić information content (AvgIpc) is 2.95. The van der Waals surface area contributed by atoms with Crippen LogP contribution >= 0.6 is 11.6 Å². The van der Waals surface area contributed by atoms with E-state index in [2.05, 4.69) is 21.1 Å². The van der Waals surface area contributed by atoms with Crippen LogP contribution in [0.1, 0.15) is 5.56 Å². The molecule has 0 saturated heterocycles. The first-order valence-corrected chi connectivity index (χ1v) is 5.86. The number of nitrogens with one attached hydrogen (secondary N) is 1. The summed E-state index contributed by atoms with van der Waals surface area (Å²) in [5, 5.41) is 4.63. The summed E-state index contributed by atoms with van der Waals surface area (Å²) >= 11 is 6.05. The van der Waals surface area contributed by atoms with Gasteiger partial charge >= 0.3 is 6.03 Å². The third kappa shape index (κ3) is 1.96. The van der Waals surface area contributed by atoms with Gasteiger partial charge in [0.2, 0.25) is 0 Å². The first-order valence-electron chi connectivity index (χ1n) is 5.48. The number of fused-ring (bicyclic) bond motifs is 1. The Morgan fingerprint density at radius 1 is 1.53 bits per heavy atom. The molecule has 2 heterocycles. The lowest BCUT2D eigenvalue weighted by atomic mass is 10.2. The number of primary amides is 1. The number of carbonyl (C=O) groups is 1. The van der Waals surface area contributed by atoms with Crippen LogP contribution in [0, 0.1) is 13.0 Å². The second kappa shape index (κ2) is 4.10. The minimum atomic E-state index is -0.669. The molecule has 0 aliphatic rings. The van der Waals surface area contributed by atoms with E-state index < -0.39 is 6.03 Å². The van der Waals surface area contributed by atoms with Crippen molar-refractivity contribution in [3.63, 3.8) is 0 Å². The van der Waals surface area contributed by atoms with Crippen LogP contribution in [0.15, 0.2) is 18.3 Å². The third-order valence-electron chi connectivity index (χ3n) is 2.74. The van der Waals surface area contributed by atoms with Crippen molar-refractivity contribution in [1.29, 1.82) is 0 Å². The highest BCUT2D eigenvalue weighted by Crippen LogP contribution is 2.24. The van der Waals surface area contributed by atoms with E-state index in [1.54, 1.807) is 6.07 Å². The van der Waals surface area contributed by atoms with E-state index in [9.17, 15) is 4.79 Å². The molecule has 0 unspecified atom stereocenters. The van der Waals surface area contributed by atoms with Gasteiger partial charge in [0.1, 0.15) is 5.69 Å². The number of rotatable bonds is 1. The molecule has 6 nitrogen and oxygen atoms in total. The Morgan fingerprint density at radius 2 is 2.32 bits per heavy atom. The van der Waals surface area contributed by atoms with E-state index in [0.717, 1.165) is 21.3 Å². The van der Waals surface area contributed by atoms with Crippen LogP contribution in [0.2, 0.25) is 5.02 Å². The fourth-order valence-corrected chi connectivity index (χ4v) is 1.93. The Kier molecular flexibility index (Phi) is 2.53. The van der Waals surface area contributed by atoms with Gasteiger partial charge in [-0.05, 0) is 24.6 Å². The van der Waals surface area contributed by atoms with E-state index in [1.165, 1.54) is 6.20 Å². The average molecular weight is 275 g/mol. The number of benzene rings is 1. The van der Waals surface area contributed by atoms with Crippen LogP contribution < -0.4 is 5.73 Å². The number of carbonyl (C=O) groups excluding carboxylic acids is 1. The standard InChI is InChI=1S/C12H9ClN5O/c1-6-4-9-10(5-7(6)13)16-11(15-9)8-2-3-18(17-8)12(14)19/h3-5H,1H3,(H2,14,19)(H,15,16). The van der Waals surface area contributed by atoms with Crippen LogP contribution in [0.5, 0.6) is 0 Å². The Balaban J connectivity index is 2.12. The Bertz CT molecular complexity index is 750. The zero-order valence-corrected chi connectivity index (χ0v) is 10.7. The maximum absolute atomic E-state index is 11.0. The third-order valence-corrected chi connectivity index (χ3v) is 3.15. The van der Waals surface area contributed by atoms with Crippen LogP contribution in [0.25, 0.3) is 22.6 Å². The van der Waals surface area contributed by atoms with E-state index in [4.69, 9.17) is 17.3 Å². The van der Waals surface area contributed by atoms with Gasteiger partial charge in [-0.15, -0.1) is 0 Å². The minimum absolute atomic E-state index is 0.420. The zero-order valence-electron chi connectivity index (χ0n) is 9.94. The fraction of sp³-hybridized carbons (Fsp3) is 0.0833. The molecular formula is C12H9ClN5O. The van der Waals surface area contributed by atoms with E-state index in [0.29, 0.717) is 16.5 Å². The first kappa shape index (κ1) is 11.7. The smallest absolute Gasteiger partial charge is 0.339 e. The lowest BCUT2D eigenvalue weighted by Crippen LogP contribution is -2.19. The maximum atomic E-state index is 11.0. The van der Waals surface area contributed by atoms with Crippen molar-refractivity contribution in [3.8, 4) is 11.5 Å². The predicted octanol–water partition coefficient (Wildman–Crippen LogP) is 2.12. The van der Waals surface area contributed by atoms with Gasteiger partial charge in [0, 0.05) is 17.3 Å². The van der Waals surface area contributed by atoms with Crippen molar-refractivity contribution in [2.24, 2.45) is 5.73 Å². The number of imidazole rings is 1. The molecule has 1 aromatic carbocycles. The molecule has 3 aromatic rings. The summed E-state index contributed by atoms with van der Waals surface area (Å²) in [7, 11) is 0. The van der Waals surface area contributed by atoms with Gasteiger partial charge in [-0.3, -0.25) is 0 Å². The van der Waals surface area contributed by atoms with Crippen molar-refractivity contribution in [2.75, 3.05) is 0 Å². The molecule has 0 bridgehead atoms. The van der Waals surface area contributed by atoms with Crippen LogP contribution in [-0.2, 0) is 0 Å². The van der Waals surface area contributed by atoms with E-state index in [1.807, 2.05) is 13.0 Å². The normalized spacial score (nSPS) is 11.1. The number of amides is 1. The minimum Gasteiger partial charge on any atom is -0.350 e. The van der Waals surface area contributed by atoms with Crippen molar-refractivity contribution < 1.29 is 4.79 Å². The number of nitrogens with two attached hydrogens (primary N) is 1. The van der Waals surface area contributed by atoms with Crippen LogP contribution in [0.3, 0.4) is 0 Å². The second-order valence-electron chi connectivity index (χ2n) is 4.11. The topological polar surface area (TPSA) is 89.6 Å². The Labute approximate surface area is 113 Å². The Morgan fingerprint density at radius 3 is 3.00 bits per heavy atom.